The Hall–Kier alpha value is -1.29. The number of nitrogens with two attached hydrogens (primary N) is 1. The number of aromatic nitrogens is 2. The first-order valence-corrected chi connectivity index (χ1v) is 5.60. The lowest BCUT2D eigenvalue weighted by Gasteiger charge is -2.03. The van der Waals surface area contributed by atoms with Gasteiger partial charge in [-0.2, -0.15) is 5.10 Å². The van der Waals surface area contributed by atoms with E-state index in [2.05, 4.69) is 28.0 Å². The molecule has 2 rings (SSSR count). The molecule has 0 saturated heterocycles. The van der Waals surface area contributed by atoms with E-state index in [9.17, 15) is 0 Å². The molecule has 0 radical (unpaired) electrons. The zero-order valence-corrected chi connectivity index (χ0v) is 10.0. The quantitative estimate of drug-likeness (QED) is 0.908. The van der Waals surface area contributed by atoms with Gasteiger partial charge in [-0.05, 0) is 30.7 Å². The molecular weight excluding hydrogens is 254 g/mol. The number of halogens is 1. The minimum Gasteiger partial charge on any atom is -0.384 e. The number of aryl methyl sites for hydroxylation is 1. The van der Waals surface area contributed by atoms with Crippen LogP contribution in [0.5, 0.6) is 0 Å². The maximum absolute atomic E-state index is 5.88. The molecule has 1 heterocycles. The highest BCUT2D eigenvalue weighted by Crippen LogP contribution is 2.17. The molecule has 0 unspecified atom stereocenters. The molecule has 2 N–H and O–H groups in total. The number of rotatable bonds is 2. The van der Waals surface area contributed by atoms with Crippen molar-refractivity contribution in [2.24, 2.45) is 0 Å². The van der Waals surface area contributed by atoms with Crippen molar-refractivity contribution in [1.82, 2.24) is 9.78 Å². The largest absolute Gasteiger partial charge is 0.384 e. The van der Waals surface area contributed by atoms with Crippen LogP contribution < -0.4 is 5.73 Å². The van der Waals surface area contributed by atoms with Crippen molar-refractivity contribution in [3.8, 4) is 5.69 Å². The average molecular weight is 266 g/mol. The van der Waals surface area contributed by atoms with Crippen LogP contribution >= 0.6 is 15.9 Å². The zero-order chi connectivity index (χ0) is 10.8. The fraction of sp³-hybridized carbons (Fsp3) is 0.182. The Morgan fingerprint density at radius 2 is 2.00 bits per heavy atom. The molecule has 0 aliphatic heterocycles. The van der Waals surface area contributed by atoms with Crippen molar-refractivity contribution in [3.63, 3.8) is 0 Å². The summed E-state index contributed by atoms with van der Waals surface area (Å²) < 4.78 is 2.80. The van der Waals surface area contributed by atoms with Gasteiger partial charge in [0.15, 0.2) is 0 Å². The molecule has 0 amide bonds. The molecule has 4 heteroatoms. The highest BCUT2D eigenvalue weighted by Gasteiger charge is 2.04. The van der Waals surface area contributed by atoms with Crippen LogP contribution in [0.2, 0.25) is 0 Å². The minimum atomic E-state index is 0.675. The molecule has 0 spiro atoms. The molecule has 0 saturated carbocycles. The Labute approximate surface area is 97.0 Å². The second kappa shape index (κ2) is 4.06. The van der Waals surface area contributed by atoms with Crippen molar-refractivity contribution >= 4 is 21.7 Å². The summed E-state index contributed by atoms with van der Waals surface area (Å²) >= 11 is 3.39. The molecule has 3 nitrogen and oxygen atoms in total. The summed E-state index contributed by atoms with van der Waals surface area (Å²) in [5, 5.41) is 4.40. The van der Waals surface area contributed by atoms with Gasteiger partial charge in [0.25, 0.3) is 0 Å². The summed E-state index contributed by atoms with van der Waals surface area (Å²) in [5.41, 5.74) is 7.87. The molecule has 0 bridgehead atoms. The smallest absolute Gasteiger partial charge is 0.127 e. The van der Waals surface area contributed by atoms with E-state index < -0.39 is 0 Å². The number of hydrogen-bond acceptors (Lipinski definition) is 2. The number of nitrogens with zero attached hydrogens (tertiary/aromatic N) is 2. The molecular formula is C11H12BrN3. The predicted molar refractivity (Wildman–Crippen MR) is 65.1 cm³/mol. The van der Waals surface area contributed by atoms with Crippen LogP contribution in [0.15, 0.2) is 34.8 Å². The third kappa shape index (κ3) is 2.04. The van der Waals surface area contributed by atoms with E-state index in [0.29, 0.717) is 5.82 Å². The Morgan fingerprint density at radius 3 is 2.53 bits per heavy atom. The van der Waals surface area contributed by atoms with Crippen LogP contribution in [0, 0.1) is 0 Å². The molecule has 78 valence electrons. The molecule has 2 aromatic rings. The Balaban J connectivity index is 2.44. The van der Waals surface area contributed by atoms with Crippen molar-refractivity contribution in [2.75, 3.05) is 5.73 Å². The second-order valence-electron chi connectivity index (χ2n) is 3.30. The zero-order valence-electron chi connectivity index (χ0n) is 8.44. The molecule has 0 atom stereocenters. The fourth-order valence-corrected chi connectivity index (χ4v) is 1.67. The fourth-order valence-electron chi connectivity index (χ4n) is 1.41. The summed E-state index contributed by atoms with van der Waals surface area (Å²) in [4.78, 5) is 0. The summed E-state index contributed by atoms with van der Waals surface area (Å²) in [6.07, 6.45) is 0.897. The number of benzene rings is 1. The highest BCUT2D eigenvalue weighted by molar-refractivity contribution is 9.10. The molecule has 0 fully saturated rings. The van der Waals surface area contributed by atoms with E-state index in [1.54, 1.807) is 4.68 Å². The Kier molecular flexibility index (Phi) is 2.77. The standard InChI is InChI=1S/C11H12BrN3/c1-2-9-7-11(13)15(14-9)10-5-3-8(12)4-6-10/h3-7H,2,13H2,1H3. The first-order valence-electron chi connectivity index (χ1n) is 4.81. The average Bonchev–Trinajstić information content (AvgIpc) is 2.61. The highest BCUT2D eigenvalue weighted by atomic mass is 79.9. The second-order valence-corrected chi connectivity index (χ2v) is 4.22. The van der Waals surface area contributed by atoms with Crippen LogP contribution in [0.25, 0.3) is 5.69 Å². The van der Waals surface area contributed by atoms with E-state index in [-0.39, 0.29) is 0 Å². The Morgan fingerprint density at radius 1 is 1.33 bits per heavy atom. The number of hydrogen-bond donors (Lipinski definition) is 1. The van der Waals surface area contributed by atoms with E-state index in [4.69, 9.17) is 5.73 Å². The molecule has 1 aromatic heterocycles. The summed E-state index contributed by atoms with van der Waals surface area (Å²) in [6, 6.07) is 9.81. The lowest BCUT2D eigenvalue weighted by Crippen LogP contribution is -2.01. The van der Waals surface area contributed by atoms with Gasteiger partial charge < -0.3 is 5.73 Å². The third-order valence-corrected chi connectivity index (χ3v) is 2.75. The lowest BCUT2D eigenvalue weighted by molar-refractivity contribution is 0.849. The summed E-state index contributed by atoms with van der Waals surface area (Å²) in [7, 11) is 0. The van der Waals surface area contributed by atoms with Crippen molar-refractivity contribution in [2.45, 2.75) is 13.3 Å². The van der Waals surface area contributed by atoms with E-state index in [1.165, 1.54) is 0 Å². The maximum atomic E-state index is 5.88. The topological polar surface area (TPSA) is 43.8 Å². The van der Waals surface area contributed by atoms with Crippen LogP contribution in [-0.4, -0.2) is 9.78 Å². The van der Waals surface area contributed by atoms with Crippen LogP contribution in [0.3, 0.4) is 0 Å². The van der Waals surface area contributed by atoms with Gasteiger partial charge in [-0.15, -0.1) is 0 Å². The van der Waals surface area contributed by atoms with E-state index >= 15 is 0 Å². The van der Waals surface area contributed by atoms with Gasteiger partial charge >= 0.3 is 0 Å². The number of anilines is 1. The SMILES string of the molecule is CCc1cc(N)n(-c2ccc(Br)cc2)n1. The summed E-state index contributed by atoms with van der Waals surface area (Å²) in [5.74, 6) is 0.675. The molecule has 1 aromatic carbocycles. The maximum Gasteiger partial charge on any atom is 0.127 e. The van der Waals surface area contributed by atoms with Gasteiger partial charge in [0.2, 0.25) is 0 Å². The first kappa shape index (κ1) is 10.2. The van der Waals surface area contributed by atoms with Crippen LogP contribution in [0.4, 0.5) is 5.82 Å². The van der Waals surface area contributed by atoms with Crippen molar-refractivity contribution < 1.29 is 0 Å². The van der Waals surface area contributed by atoms with Gasteiger partial charge in [-0.25, -0.2) is 4.68 Å². The van der Waals surface area contributed by atoms with Crippen LogP contribution in [-0.2, 0) is 6.42 Å². The third-order valence-electron chi connectivity index (χ3n) is 2.22. The normalized spacial score (nSPS) is 10.5. The molecule has 15 heavy (non-hydrogen) atoms. The van der Waals surface area contributed by atoms with Gasteiger partial charge in [0.05, 0.1) is 11.4 Å². The van der Waals surface area contributed by atoms with Crippen molar-refractivity contribution in [3.05, 3.63) is 40.5 Å². The lowest BCUT2D eigenvalue weighted by atomic mass is 10.3. The minimum absolute atomic E-state index is 0.675. The van der Waals surface area contributed by atoms with Gasteiger partial charge in [-0.3, -0.25) is 0 Å². The molecule has 0 aliphatic rings. The van der Waals surface area contributed by atoms with Gasteiger partial charge in [-0.1, -0.05) is 22.9 Å². The van der Waals surface area contributed by atoms with E-state index in [1.807, 2.05) is 30.3 Å². The molecule has 0 aliphatic carbocycles. The van der Waals surface area contributed by atoms with E-state index in [0.717, 1.165) is 22.3 Å². The van der Waals surface area contributed by atoms with Crippen molar-refractivity contribution in [1.29, 1.82) is 0 Å². The summed E-state index contributed by atoms with van der Waals surface area (Å²) in [6.45, 7) is 2.06. The van der Waals surface area contributed by atoms with Crippen LogP contribution in [0.1, 0.15) is 12.6 Å². The monoisotopic (exact) mass is 265 g/mol. The number of nitrogen functional groups attached to an aromatic ring is 1. The first-order chi connectivity index (χ1) is 7.20. The van der Waals surface area contributed by atoms with Gasteiger partial charge in [0.1, 0.15) is 5.82 Å². The predicted octanol–water partition coefficient (Wildman–Crippen LogP) is 2.78. The Bertz CT molecular complexity index is 459. The van der Waals surface area contributed by atoms with Gasteiger partial charge in [0, 0.05) is 10.5 Å².